The van der Waals surface area contributed by atoms with E-state index in [2.05, 4.69) is 11.1 Å². The molecule has 3 atom stereocenters. The SMILES string of the molecule is CC(C)CC(C(=O)N1CC(C)CC1C#N)N(C)C(=O)c1cc2ccc(F)cc2[nH]1. The number of hydrogen-bond acceptors (Lipinski definition) is 3. The van der Waals surface area contributed by atoms with Crippen LogP contribution in [0.15, 0.2) is 24.3 Å². The van der Waals surface area contributed by atoms with E-state index in [1.165, 1.54) is 17.0 Å². The smallest absolute Gasteiger partial charge is 0.270 e. The molecule has 0 saturated carbocycles. The van der Waals surface area contributed by atoms with Gasteiger partial charge in [-0.25, -0.2) is 4.39 Å². The van der Waals surface area contributed by atoms with Crippen LogP contribution in [0.5, 0.6) is 0 Å². The summed E-state index contributed by atoms with van der Waals surface area (Å²) in [5.41, 5.74) is 0.840. The van der Waals surface area contributed by atoms with Crippen molar-refractivity contribution in [1.82, 2.24) is 14.8 Å². The second kappa shape index (κ2) is 8.24. The van der Waals surface area contributed by atoms with E-state index in [0.717, 1.165) is 5.39 Å². The number of amides is 2. The minimum Gasteiger partial charge on any atom is -0.350 e. The number of likely N-dealkylation sites (N-methyl/N-ethyl adjacent to an activating group) is 1. The number of nitrogens with one attached hydrogen (secondary N) is 1. The van der Waals surface area contributed by atoms with Gasteiger partial charge in [-0.15, -0.1) is 0 Å². The number of likely N-dealkylation sites (tertiary alicyclic amines) is 1. The Morgan fingerprint density at radius 3 is 2.76 bits per heavy atom. The lowest BCUT2D eigenvalue weighted by Crippen LogP contribution is -2.51. The molecule has 1 aliphatic heterocycles. The molecule has 1 fully saturated rings. The van der Waals surface area contributed by atoms with E-state index in [1.54, 1.807) is 24.1 Å². The fourth-order valence-corrected chi connectivity index (χ4v) is 4.02. The van der Waals surface area contributed by atoms with E-state index in [9.17, 15) is 19.2 Å². The van der Waals surface area contributed by atoms with E-state index in [0.29, 0.717) is 30.6 Å². The summed E-state index contributed by atoms with van der Waals surface area (Å²) in [5.74, 6) is -0.455. The van der Waals surface area contributed by atoms with Crippen molar-refractivity contribution in [2.75, 3.05) is 13.6 Å². The third-order valence-electron chi connectivity index (χ3n) is 5.52. The van der Waals surface area contributed by atoms with Crippen molar-refractivity contribution in [3.05, 3.63) is 35.8 Å². The van der Waals surface area contributed by atoms with E-state index >= 15 is 0 Å². The average molecular weight is 398 g/mol. The third-order valence-corrected chi connectivity index (χ3v) is 5.52. The maximum absolute atomic E-state index is 13.5. The molecule has 0 aliphatic carbocycles. The van der Waals surface area contributed by atoms with Gasteiger partial charge in [0.25, 0.3) is 5.91 Å². The molecule has 6 nitrogen and oxygen atoms in total. The number of rotatable bonds is 5. The van der Waals surface area contributed by atoms with Gasteiger partial charge in [0.1, 0.15) is 23.6 Å². The quantitative estimate of drug-likeness (QED) is 0.836. The van der Waals surface area contributed by atoms with Crippen molar-refractivity contribution in [3.63, 3.8) is 0 Å². The van der Waals surface area contributed by atoms with E-state index in [-0.39, 0.29) is 29.5 Å². The normalized spacial score (nSPS) is 20.1. The number of H-pyrrole nitrogens is 1. The highest BCUT2D eigenvalue weighted by Gasteiger charge is 2.39. The van der Waals surface area contributed by atoms with Crippen LogP contribution in [0.4, 0.5) is 4.39 Å². The van der Waals surface area contributed by atoms with Crippen LogP contribution in [-0.2, 0) is 4.79 Å². The van der Waals surface area contributed by atoms with Gasteiger partial charge >= 0.3 is 0 Å². The van der Waals surface area contributed by atoms with Crippen molar-refractivity contribution in [2.24, 2.45) is 11.8 Å². The molecule has 1 aliphatic rings. The molecule has 3 rings (SSSR count). The van der Waals surface area contributed by atoms with E-state index in [1.807, 2.05) is 20.8 Å². The third kappa shape index (κ3) is 4.26. The number of nitrogens with zero attached hydrogens (tertiary/aromatic N) is 3. The maximum Gasteiger partial charge on any atom is 0.270 e. The van der Waals surface area contributed by atoms with Gasteiger partial charge in [-0.3, -0.25) is 9.59 Å². The molecular formula is C22H27FN4O2. The maximum atomic E-state index is 13.5. The fourth-order valence-electron chi connectivity index (χ4n) is 4.02. The number of nitriles is 1. The molecule has 1 saturated heterocycles. The Labute approximate surface area is 170 Å². The van der Waals surface area contributed by atoms with Gasteiger partial charge in [-0.2, -0.15) is 5.26 Å². The van der Waals surface area contributed by atoms with Gasteiger partial charge in [-0.05, 0) is 48.9 Å². The highest BCUT2D eigenvalue weighted by molar-refractivity contribution is 6.00. The standard InChI is InChI=1S/C22H27FN4O2/c1-13(2)7-20(22(29)27-12-14(3)8-17(27)11-24)26(4)21(28)19-9-15-5-6-16(23)10-18(15)25-19/h5-6,9-10,13-14,17,20,25H,7-8,12H2,1-4H3. The largest absolute Gasteiger partial charge is 0.350 e. The van der Waals surface area contributed by atoms with Crippen LogP contribution in [0.25, 0.3) is 10.9 Å². The molecule has 154 valence electrons. The molecule has 2 amide bonds. The zero-order valence-corrected chi connectivity index (χ0v) is 17.3. The van der Waals surface area contributed by atoms with Gasteiger partial charge in [0, 0.05) is 24.5 Å². The zero-order chi connectivity index (χ0) is 21.3. The summed E-state index contributed by atoms with van der Waals surface area (Å²) < 4.78 is 13.5. The number of carbonyl (C=O) groups is 2. The number of carbonyl (C=O) groups excluding carboxylic acids is 2. The minimum atomic E-state index is -0.660. The van der Waals surface area contributed by atoms with Crippen molar-refractivity contribution in [3.8, 4) is 6.07 Å². The molecule has 1 aromatic heterocycles. The molecule has 0 spiro atoms. The van der Waals surface area contributed by atoms with Gasteiger partial charge in [0.05, 0.1) is 6.07 Å². The second-order valence-electron chi connectivity index (χ2n) is 8.45. The topological polar surface area (TPSA) is 80.2 Å². The van der Waals surface area contributed by atoms with Crippen LogP contribution in [-0.4, -0.2) is 52.3 Å². The van der Waals surface area contributed by atoms with Crippen LogP contribution < -0.4 is 0 Å². The molecule has 1 aromatic carbocycles. The molecule has 3 unspecified atom stereocenters. The summed E-state index contributed by atoms with van der Waals surface area (Å²) in [6.45, 7) is 6.55. The van der Waals surface area contributed by atoms with Crippen molar-refractivity contribution in [1.29, 1.82) is 5.26 Å². The van der Waals surface area contributed by atoms with E-state index in [4.69, 9.17) is 0 Å². The second-order valence-corrected chi connectivity index (χ2v) is 8.45. The van der Waals surface area contributed by atoms with Gasteiger partial charge in [0.15, 0.2) is 0 Å². The van der Waals surface area contributed by atoms with Crippen molar-refractivity contribution >= 4 is 22.7 Å². The van der Waals surface area contributed by atoms with Crippen LogP contribution in [0, 0.1) is 29.0 Å². The molecule has 2 aromatic rings. The summed E-state index contributed by atoms with van der Waals surface area (Å²) in [6.07, 6.45) is 1.15. The van der Waals surface area contributed by atoms with Gasteiger partial charge < -0.3 is 14.8 Å². The Kier molecular flexibility index (Phi) is 5.92. The van der Waals surface area contributed by atoms with Crippen LogP contribution in [0.3, 0.4) is 0 Å². The highest BCUT2D eigenvalue weighted by Crippen LogP contribution is 2.26. The summed E-state index contributed by atoms with van der Waals surface area (Å²) >= 11 is 0. The lowest BCUT2D eigenvalue weighted by molar-refractivity contribution is -0.136. The monoisotopic (exact) mass is 398 g/mol. The Morgan fingerprint density at radius 2 is 2.10 bits per heavy atom. The minimum absolute atomic E-state index is 0.187. The summed E-state index contributed by atoms with van der Waals surface area (Å²) in [6, 6.07) is 7.06. The van der Waals surface area contributed by atoms with Crippen LogP contribution in [0.1, 0.15) is 44.1 Å². The molecule has 0 bridgehead atoms. The van der Waals surface area contributed by atoms with Crippen LogP contribution in [0.2, 0.25) is 0 Å². The average Bonchev–Trinajstić information content (AvgIpc) is 3.26. The first-order valence-corrected chi connectivity index (χ1v) is 9.96. The summed E-state index contributed by atoms with van der Waals surface area (Å²) in [5, 5.41) is 10.2. The molecule has 29 heavy (non-hydrogen) atoms. The fraction of sp³-hybridized carbons (Fsp3) is 0.500. The lowest BCUT2D eigenvalue weighted by Gasteiger charge is -2.32. The Morgan fingerprint density at radius 1 is 1.38 bits per heavy atom. The number of aromatic amines is 1. The number of benzene rings is 1. The lowest BCUT2D eigenvalue weighted by atomic mass is 10.0. The molecule has 7 heteroatoms. The molecule has 2 heterocycles. The first-order chi connectivity index (χ1) is 13.7. The Bertz CT molecular complexity index is 961. The zero-order valence-electron chi connectivity index (χ0n) is 17.3. The molecule has 1 N–H and O–H groups in total. The number of hydrogen-bond donors (Lipinski definition) is 1. The Hall–Kier alpha value is -2.88. The number of fused-ring (bicyclic) bond motifs is 1. The predicted octanol–water partition coefficient (Wildman–Crippen LogP) is 3.55. The first kappa shape index (κ1) is 20.8. The van der Waals surface area contributed by atoms with E-state index < -0.39 is 12.1 Å². The highest BCUT2D eigenvalue weighted by atomic mass is 19.1. The van der Waals surface area contributed by atoms with Gasteiger partial charge in [0.2, 0.25) is 5.91 Å². The number of aromatic nitrogens is 1. The predicted molar refractivity (Wildman–Crippen MR) is 108 cm³/mol. The Balaban J connectivity index is 1.87. The molecule has 0 radical (unpaired) electrons. The summed E-state index contributed by atoms with van der Waals surface area (Å²) in [7, 11) is 1.61. The molecular weight excluding hydrogens is 371 g/mol. The number of halogens is 1. The van der Waals surface area contributed by atoms with Crippen molar-refractivity contribution in [2.45, 2.75) is 45.7 Å². The van der Waals surface area contributed by atoms with Gasteiger partial charge in [-0.1, -0.05) is 20.8 Å². The summed E-state index contributed by atoms with van der Waals surface area (Å²) in [4.78, 5) is 32.4. The first-order valence-electron chi connectivity index (χ1n) is 9.96. The van der Waals surface area contributed by atoms with Crippen LogP contribution >= 0.6 is 0 Å². The van der Waals surface area contributed by atoms with Crippen molar-refractivity contribution < 1.29 is 14.0 Å².